The van der Waals surface area contributed by atoms with Crippen molar-refractivity contribution in [1.82, 2.24) is 5.32 Å². The van der Waals surface area contributed by atoms with Gasteiger partial charge in [0, 0.05) is 6.54 Å². The fraction of sp³-hybridized carbons (Fsp3) is 0.316. The van der Waals surface area contributed by atoms with Crippen molar-refractivity contribution >= 4 is 5.91 Å². The maximum absolute atomic E-state index is 13.6. The van der Waals surface area contributed by atoms with Gasteiger partial charge in [0.15, 0.2) is 17.7 Å². The predicted molar refractivity (Wildman–Crippen MR) is 88.9 cm³/mol. The number of amides is 1. The lowest BCUT2D eigenvalue weighted by molar-refractivity contribution is -0.128. The molecule has 3 nitrogen and oxygen atoms in total. The van der Waals surface area contributed by atoms with Gasteiger partial charge in [-0.05, 0) is 37.0 Å². The first kappa shape index (κ1) is 17.0. The van der Waals surface area contributed by atoms with Gasteiger partial charge < -0.3 is 10.1 Å². The fourth-order valence-electron chi connectivity index (χ4n) is 2.28. The van der Waals surface area contributed by atoms with E-state index in [0.29, 0.717) is 13.0 Å². The summed E-state index contributed by atoms with van der Waals surface area (Å²) in [5, 5.41) is 2.86. The van der Waals surface area contributed by atoms with Crippen LogP contribution >= 0.6 is 0 Å². The summed E-state index contributed by atoms with van der Waals surface area (Å²) in [6, 6.07) is 16.2. The van der Waals surface area contributed by atoms with E-state index in [4.69, 9.17) is 4.74 Å². The molecule has 122 valence electrons. The van der Waals surface area contributed by atoms with Crippen LogP contribution in [0, 0.1) is 5.82 Å². The lowest BCUT2D eigenvalue weighted by atomic mass is 10.1. The van der Waals surface area contributed by atoms with Crippen molar-refractivity contribution in [3.05, 3.63) is 66.0 Å². The summed E-state index contributed by atoms with van der Waals surface area (Å²) in [5.41, 5.74) is 1.25. The molecule has 0 saturated carbocycles. The first-order valence-corrected chi connectivity index (χ1v) is 7.93. The number of benzene rings is 2. The molecule has 0 aliphatic carbocycles. The van der Waals surface area contributed by atoms with E-state index in [9.17, 15) is 9.18 Å². The average molecular weight is 315 g/mol. The van der Waals surface area contributed by atoms with Crippen LogP contribution in [0.1, 0.15) is 25.3 Å². The van der Waals surface area contributed by atoms with Crippen molar-refractivity contribution in [3.63, 3.8) is 0 Å². The number of carbonyl (C=O) groups excluding carboxylic acids is 1. The minimum atomic E-state index is -0.677. The molecular weight excluding hydrogens is 293 g/mol. The minimum Gasteiger partial charge on any atom is -0.478 e. The zero-order valence-corrected chi connectivity index (χ0v) is 13.3. The molecule has 0 aromatic heterocycles. The van der Waals surface area contributed by atoms with Crippen LogP contribution in [0.15, 0.2) is 54.6 Å². The highest BCUT2D eigenvalue weighted by Crippen LogP contribution is 2.18. The number of halogens is 1. The summed E-state index contributed by atoms with van der Waals surface area (Å²) >= 11 is 0. The first-order chi connectivity index (χ1) is 11.2. The van der Waals surface area contributed by atoms with Crippen molar-refractivity contribution in [2.24, 2.45) is 0 Å². The SMILES string of the molecule is CCC(Oc1ccccc1F)C(=O)NCCCc1ccccc1. The molecule has 0 aliphatic rings. The van der Waals surface area contributed by atoms with Gasteiger partial charge in [-0.15, -0.1) is 0 Å². The molecule has 1 N–H and O–H groups in total. The molecule has 0 heterocycles. The van der Waals surface area contributed by atoms with Gasteiger partial charge in [0.2, 0.25) is 0 Å². The number of carbonyl (C=O) groups is 1. The first-order valence-electron chi connectivity index (χ1n) is 7.93. The number of rotatable bonds is 8. The molecule has 0 radical (unpaired) electrons. The Labute approximate surface area is 136 Å². The second kappa shape index (κ2) is 8.93. The Kier molecular flexibility index (Phi) is 6.60. The molecule has 4 heteroatoms. The van der Waals surface area contributed by atoms with Gasteiger partial charge in [-0.3, -0.25) is 4.79 Å². The average Bonchev–Trinajstić information content (AvgIpc) is 2.59. The molecule has 2 aromatic rings. The van der Waals surface area contributed by atoms with Crippen LogP contribution in [-0.4, -0.2) is 18.6 Å². The van der Waals surface area contributed by atoms with E-state index in [1.807, 2.05) is 25.1 Å². The zero-order chi connectivity index (χ0) is 16.5. The molecule has 23 heavy (non-hydrogen) atoms. The van der Waals surface area contributed by atoms with E-state index >= 15 is 0 Å². The third-order valence-electron chi connectivity index (χ3n) is 3.55. The Morgan fingerprint density at radius 1 is 1.13 bits per heavy atom. The Hall–Kier alpha value is -2.36. The highest BCUT2D eigenvalue weighted by molar-refractivity contribution is 5.81. The van der Waals surface area contributed by atoms with Gasteiger partial charge >= 0.3 is 0 Å². The highest BCUT2D eigenvalue weighted by Gasteiger charge is 2.19. The smallest absolute Gasteiger partial charge is 0.261 e. The highest BCUT2D eigenvalue weighted by atomic mass is 19.1. The Bertz CT molecular complexity index is 616. The standard InChI is InChI=1S/C19H22FNO2/c1-2-17(23-18-13-7-6-12-16(18)20)19(22)21-14-8-11-15-9-4-3-5-10-15/h3-7,9-10,12-13,17H,2,8,11,14H2,1H3,(H,21,22). The lowest BCUT2D eigenvalue weighted by Gasteiger charge is -2.17. The Morgan fingerprint density at radius 3 is 2.52 bits per heavy atom. The maximum Gasteiger partial charge on any atom is 0.261 e. The van der Waals surface area contributed by atoms with Gasteiger partial charge in [-0.25, -0.2) is 4.39 Å². The van der Waals surface area contributed by atoms with Crippen LogP contribution in [0.25, 0.3) is 0 Å². The molecule has 0 aliphatic heterocycles. The molecule has 2 rings (SSSR count). The summed E-state index contributed by atoms with van der Waals surface area (Å²) in [4.78, 5) is 12.1. The zero-order valence-electron chi connectivity index (χ0n) is 13.3. The molecule has 0 spiro atoms. The number of hydrogen-bond acceptors (Lipinski definition) is 2. The van der Waals surface area contributed by atoms with Gasteiger partial charge in [-0.1, -0.05) is 49.4 Å². The van der Waals surface area contributed by atoms with Crippen LogP contribution in [0.5, 0.6) is 5.75 Å². The number of ether oxygens (including phenoxy) is 1. The van der Waals surface area contributed by atoms with Crippen LogP contribution < -0.4 is 10.1 Å². The molecule has 2 aromatic carbocycles. The number of nitrogens with one attached hydrogen (secondary N) is 1. The molecular formula is C19H22FNO2. The number of para-hydroxylation sites is 1. The van der Waals surface area contributed by atoms with E-state index in [-0.39, 0.29) is 11.7 Å². The third-order valence-corrected chi connectivity index (χ3v) is 3.55. The van der Waals surface area contributed by atoms with Crippen molar-refractivity contribution in [2.75, 3.05) is 6.54 Å². The van der Waals surface area contributed by atoms with E-state index in [0.717, 1.165) is 12.8 Å². The quantitative estimate of drug-likeness (QED) is 0.754. The summed E-state index contributed by atoms with van der Waals surface area (Å²) in [6.45, 7) is 2.42. The number of hydrogen-bond donors (Lipinski definition) is 1. The second-order valence-corrected chi connectivity index (χ2v) is 5.33. The van der Waals surface area contributed by atoms with Crippen molar-refractivity contribution in [2.45, 2.75) is 32.3 Å². The third kappa shape index (κ3) is 5.40. The molecule has 0 fully saturated rings. The van der Waals surface area contributed by atoms with E-state index in [1.54, 1.807) is 12.1 Å². The van der Waals surface area contributed by atoms with E-state index < -0.39 is 11.9 Å². The Morgan fingerprint density at radius 2 is 1.83 bits per heavy atom. The molecule has 1 amide bonds. The van der Waals surface area contributed by atoms with Crippen molar-refractivity contribution in [3.8, 4) is 5.75 Å². The van der Waals surface area contributed by atoms with Gasteiger partial charge in [-0.2, -0.15) is 0 Å². The normalized spacial score (nSPS) is 11.7. The molecule has 1 unspecified atom stereocenters. The van der Waals surface area contributed by atoms with Gasteiger partial charge in [0.05, 0.1) is 0 Å². The summed E-state index contributed by atoms with van der Waals surface area (Å²) < 4.78 is 19.1. The van der Waals surface area contributed by atoms with E-state index in [1.165, 1.54) is 17.7 Å². The van der Waals surface area contributed by atoms with Crippen molar-refractivity contribution in [1.29, 1.82) is 0 Å². The summed E-state index contributed by atoms with van der Waals surface area (Å²) in [5.74, 6) is -0.551. The lowest BCUT2D eigenvalue weighted by Crippen LogP contribution is -2.38. The van der Waals surface area contributed by atoms with E-state index in [2.05, 4.69) is 17.4 Å². The topological polar surface area (TPSA) is 38.3 Å². The second-order valence-electron chi connectivity index (χ2n) is 5.33. The fourth-order valence-corrected chi connectivity index (χ4v) is 2.28. The largest absolute Gasteiger partial charge is 0.478 e. The Balaban J connectivity index is 1.77. The summed E-state index contributed by atoms with van der Waals surface area (Å²) in [7, 11) is 0. The molecule has 1 atom stereocenters. The predicted octanol–water partition coefficient (Wildman–Crippen LogP) is 3.73. The molecule has 0 saturated heterocycles. The number of aryl methyl sites for hydroxylation is 1. The van der Waals surface area contributed by atoms with Crippen molar-refractivity contribution < 1.29 is 13.9 Å². The van der Waals surface area contributed by atoms with Crippen LogP contribution in [0.4, 0.5) is 4.39 Å². The maximum atomic E-state index is 13.6. The molecule has 0 bridgehead atoms. The van der Waals surface area contributed by atoms with Gasteiger partial charge in [0.1, 0.15) is 0 Å². The van der Waals surface area contributed by atoms with Crippen LogP contribution in [-0.2, 0) is 11.2 Å². The van der Waals surface area contributed by atoms with Crippen LogP contribution in [0.3, 0.4) is 0 Å². The van der Waals surface area contributed by atoms with Gasteiger partial charge in [0.25, 0.3) is 5.91 Å². The summed E-state index contributed by atoms with van der Waals surface area (Å²) in [6.07, 6.45) is 1.57. The monoisotopic (exact) mass is 315 g/mol. The minimum absolute atomic E-state index is 0.110. The van der Waals surface area contributed by atoms with Crippen LogP contribution in [0.2, 0.25) is 0 Å².